The van der Waals surface area contributed by atoms with Crippen LogP contribution in [-0.2, 0) is 11.2 Å². The minimum atomic E-state index is -1.14. The summed E-state index contributed by atoms with van der Waals surface area (Å²) < 4.78 is 12.8. The number of carboxylic acid groups (broad SMARTS) is 1. The van der Waals surface area contributed by atoms with Crippen LogP contribution in [0.4, 0.5) is 4.39 Å². The molecule has 0 aliphatic rings. The zero-order valence-corrected chi connectivity index (χ0v) is 8.50. The van der Waals surface area contributed by atoms with E-state index in [0.29, 0.717) is 5.56 Å². The zero-order chi connectivity index (χ0) is 10.7. The van der Waals surface area contributed by atoms with Crippen LogP contribution in [0.1, 0.15) is 5.56 Å². The average molecular weight is 236 g/mol. The minimum absolute atomic E-state index is 0. The van der Waals surface area contributed by atoms with Gasteiger partial charge in [-0.3, -0.25) is 4.79 Å². The summed E-state index contributed by atoms with van der Waals surface area (Å²) in [5.41, 5.74) is 5.69. The van der Waals surface area contributed by atoms with Gasteiger partial charge in [-0.05, 0) is 24.1 Å². The maximum absolute atomic E-state index is 12.8. The number of phenolic OH excluding ortho intramolecular Hbond substituents is 1. The first-order valence-electron chi connectivity index (χ1n) is 3.96. The predicted octanol–water partition coefficient (Wildman–Crippen LogP) is 0.908. The quantitative estimate of drug-likeness (QED) is 0.727. The van der Waals surface area contributed by atoms with Gasteiger partial charge in [-0.15, -0.1) is 12.4 Å². The minimum Gasteiger partial charge on any atom is -0.505 e. The number of rotatable bonds is 3. The molecule has 0 fully saturated rings. The van der Waals surface area contributed by atoms with Crippen molar-refractivity contribution < 1.29 is 19.4 Å². The van der Waals surface area contributed by atoms with Crippen LogP contribution in [0, 0.1) is 5.82 Å². The van der Waals surface area contributed by atoms with E-state index in [1.54, 1.807) is 0 Å². The monoisotopic (exact) mass is 235 g/mol. The summed E-state index contributed by atoms with van der Waals surface area (Å²) >= 11 is 0. The van der Waals surface area contributed by atoms with Gasteiger partial charge in [0.05, 0.1) is 0 Å². The molecule has 0 spiro atoms. The number of nitrogens with two attached hydrogens (primary N) is 1. The molecule has 0 heterocycles. The van der Waals surface area contributed by atoms with Crippen molar-refractivity contribution in [2.75, 3.05) is 0 Å². The molecular weight excluding hydrogens is 225 g/mol. The molecule has 1 rings (SSSR count). The van der Waals surface area contributed by atoms with Crippen molar-refractivity contribution in [1.82, 2.24) is 0 Å². The van der Waals surface area contributed by atoms with Crippen molar-refractivity contribution in [2.24, 2.45) is 5.73 Å². The molecule has 0 saturated heterocycles. The maximum atomic E-state index is 12.8. The first-order valence-corrected chi connectivity index (χ1v) is 3.96. The molecule has 1 aromatic rings. The number of halogens is 2. The molecule has 6 heteroatoms. The van der Waals surface area contributed by atoms with Gasteiger partial charge in [0, 0.05) is 0 Å². The number of aliphatic carboxylic acids is 1. The third-order valence-corrected chi connectivity index (χ3v) is 1.78. The van der Waals surface area contributed by atoms with Crippen LogP contribution in [0.3, 0.4) is 0 Å². The summed E-state index contributed by atoms with van der Waals surface area (Å²) in [6, 6.07) is 2.61. The van der Waals surface area contributed by atoms with E-state index < -0.39 is 23.6 Å². The average Bonchev–Trinajstić information content (AvgIpc) is 2.11. The fourth-order valence-corrected chi connectivity index (χ4v) is 1.02. The van der Waals surface area contributed by atoms with Gasteiger partial charge in [0.1, 0.15) is 6.04 Å². The van der Waals surface area contributed by atoms with Crippen LogP contribution in [0.5, 0.6) is 5.75 Å². The molecule has 0 amide bonds. The molecule has 0 saturated carbocycles. The highest BCUT2D eigenvalue weighted by Crippen LogP contribution is 2.16. The molecule has 15 heavy (non-hydrogen) atoms. The van der Waals surface area contributed by atoms with Crippen molar-refractivity contribution in [3.8, 4) is 5.75 Å². The Hall–Kier alpha value is -1.33. The van der Waals surface area contributed by atoms with Crippen molar-refractivity contribution in [3.63, 3.8) is 0 Å². The summed E-state index contributed by atoms with van der Waals surface area (Å²) in [6.45, 7) is 0. The summed E-state index contributed by atoms with van der Waals surface area (Å²) in [7, 11) is 0. The van der Waals surface area contributed by atoms with Crippen molar-refractivity contribution in [1.29, 1.82) is 0 Å². The second kappa shape index (κ2) is 5.53. The van der Waals surface area contributed by atoms with Crippen LogP contribution in [-0.4, -0.2) is 22.2 Å². The van der Waals surface area contributed by atoms with E-state index in [4.69, 9.17) is 15.9 Å². The summed E-state index contributed by atoms with van der Waals surface area (Å²) in [5, 5.41) is 17.4. The maximum Gasteiger partial charge on any atom is 0.320 e. The molecule has 4 N–H and O–H groups in total. The topological polar surface area (TPSA) is 83.5 Å². The molecule has 0 unspecified atom stereocenters. The van der Waals surface area contributed by atoms with Crippen LogP contribution in [0.2, 0.25) is 0 Å². The molecule has 1 atom stereocenters. The first-order chi connectivity index (χ1) is 6.50. The lowest BCUT2D eigenvalue weighted by atomic mass is 10.1. The van der Waals surface area contributed by atoms with E-state index in [9.17, 15) is 9.18 Å². The largest absolute Gasteiger partial charge is 0.505 e. The van der Waals surface area contributed by atoms with Crippen molar-refractivity contribution in [2.45, 2.75) is 12.5 Å². The van der Waals surface area contributed by atoms with E-state index in [2.05, 4.69) is 0 Å². The van der Waals surface area contributed by atoms with Gasteiger partial charge in [0.2, 0.25) is 0 Å². The lowest BCUT2D eigenvalue weighted by molar-refractivity contribution is -0.138. The van der Waals surface area contributed by atoms with Gasteiger partial charge in [-0.2, -0.15) is 0 Å². The van der Waals surface area contributed by atoms with Gasteiger partial charge in [0.15, 0.2) is 11.6 Å². The molecule has 0 aromatic heterocycles. The predicted molar refractivity (Wildman–Crippen MR) is 54.6 cm³/mol. The molecular formula is C9H11ClFNO3. The number of phenols is 1. The highest BCUT2D eigenvalue weighted by atomic mass is 35.5. The SMILES string of the molecule is Cl.N[C@@H](Cc1ccc(O)c(F)c1)C(=O)O. The highest BCUT2D eigenvalue weighted by molar-refractivity contribution is 5.85. The number of aromatic hydroxyl groups is 1. The normalized spacial score (nSPS) is 11.6. The Bertz CT molecular complexity index is 359. The van der Waals surface area contributed by atoms with Gasteiger partial charge < -0.3 is 15.9 Å². The Morgan fingerprint density at radius 1 is 1.53 bits per heavy atom. The number of carboxylic acids is 1. The van der Waals surface area contributed by atoms with Gasteiger partial charge in [-0.25, -0.2) is 4.39 Å². The van der Waals surface area contributed by atoms with Crippen molar-refractivity contribution in [3.05, 3.63) is 29.6 Å². The fraction of sp³-hybridized carbons (Fsp3) is 0.222. The molecule has 0 radical (unpaired) electrons. The van der Waals surface area contributed by atoms with Crippen LogP contribution >= 0.6 is 12.4 Å². The Morgan fingerprint density at radius 3 is 2.60 bits per heavy atom. The van der Waals surface area contributed by atoms with E-state index in [0.717, 1.165) is 6.07 Å². The summed E-state index contributed by atoms with van der Waals surface area (Å²) in [5.74, 6) is -2.38. The smallest absolute Gasteiger partial charge is 0.320 e. The van der Waals surface area contributed by atoms with Gasteiger partial charge in [-0.1, -0.05) is 6.07 Å². The third-order valence-electron chi connectivity index (χ3n) is 1.78. The van der Waals surface area contributed by atoms with E-state index in [-0.39, 0.29) is 18.8 Å². The second-order valence-electron chi connectivity index (χ2n) is 2.93. The van der Waals surface area contributed by atoms with E-state index >= 15 is 0 Å². The Labute approximate surface area is 91.9 Å². The summed E-state index contributed by atoms with van der Waals surface area (Å²) in [4.78, 5) is 10.4. The molecule has 1 aromatic carbocycles. The molecule has 0 aliphatic carbocycles. The Balaban J connectivity index is 0.00000196. The Kier molecular flexibility index (Phi) is 5.04. The number of hydrogen-bond donors (Lipinski definition) is 3. The number of hydrogen-bond acceptors (Lipinski definition) is 3. The fourth-order valence-electron chi connectivity index (χ4n) is 1.02. The van der Waals surface area contributed by atoms with Gasteiger partial charge >= 0.3 is 5.97 Å². The first kappa shape index (κ1) is 13.7. The highest BCUT2D eigenvalue weighted by Gasteiger charge is 2.12. The standard InChI is InChI=1S/C9H10FNO3.ClH/c10-6-3-5(1-2-8(6)12)4-7(11)9(13)14;/h1-3,7,12H,4,11H2,(H,13,14);1H/t7-;/m0./s1. The van der Waals surface area contributed by atoms with Crippen LogP contribution < -0.4 is 5.73 Å². The lowest BCUT2D eigenvalue weighted by Gasteiger charge is -2.06. The lowest BCUT2D eigenvalue weighted by Crippen LogP contribution is -2.32. The van der Waals surface area contributed by atoms with E-state index in [1.807, 2.05) is 0 Å². The van der Waals surface area contributed by atoms with Gasteiger partial charge in [0.25, 0.3) is 0 Å². The molecule has 4 nitrogen and oxygen atoms in total. The zero-order valence-electron chi connectivity index (χ0n) is 7.68. The molecule has 0 aliphatic heterocycles. The van der Waals surface area contributed by atoms with E-state index in [1.165, 1.54) is 12.1 Å². The summed E-state index contributed by atoms with van der Waals surface area (Å²) in [6.07, 6.45) is 0.0343. The Morgan fingerprint density at radius 2 is 2.13 bits per heavy atom. The number of benzene rings is 1. The second-order valence-corrected chi connectivity index (χ2v) is 2.93. The third kappa shape index (κ3) is 3.73. The van der Waals surface area contributed by atoms with Crippen molar-refractivity contribution >= 4 is 18.4 Å². The molecule has 84 valence electrons. The van der Waals surface area contributed by atoms with Crippen LogP contribution in [0.15, 0.2) is 18.2 Å². The number of carbonyl (C=O) groups is 1. The van der Waals surface area contributed by atoms with Crippen LogP contribution in [0.25, 0.3) is 0 Å². The molecule has 0 bridgehead atoms.